The van der Waals surface area contributed by atoms with Gasteiger partial charge in [-0.15, -0.1) is 0 Å². The number of halogens is 1. The normalized spacial score (nSPS) is 11.5. The molecule has 0 atom stereocenters. The standard InChI is InChI=1S/C54H35FN2O/c55-40-28-33-47-46-17-5-8-21-50(46)57(51(47)35-40)49-20-7-4-16-44(49)37-24-29-41(30-25-37)56(43-15-10-14-39(34-43)36-12-2-1-3-13-36)42-31-26-38(27-32-42)45-19-11-23-53-54(45)48-18-6-9-22-52(48)58-53/h1-35H. The second-order valence-electron chi connectivity index (χ2n) is 14.7. The summed E-state index contributed by atoms with van der Waals surface area (Å²) < 4.78 is 23.2. The molecule has 2 heterocycles. The molecule has 58 heavy (non-hydrogen) atoms. The van der Waals surface area contributed by atoms with E-state index in [0.29, 0.717) is 0 Å². The molecule has 11 aromatic rings. The van der Waals surface area contributed by atoms with Gasteiger partial charge in [0.05, 0.1) is 16.7 Å². The van der Waals surface area contributed by atoms with E-state index in [2.05, 4.69) is 161 Å². The number of rotatable bonds is 7. The maximum atomic E-state index is 14.8. The van der Waals surface area contributed by atoms with Gasteiger partial charge in [-0.1, -0.05) is 133 Å². The SMILES string of the molecule is Fc1ccc2c3ccccc3n(-c3ccccc3-c3ccc(N(c4ccc(-c5cccc6oc7ccccc7c56)cc4)c4cccc(-c5ccccc5)c4)cc3)c2c1. The van der Waals surface area contributed by atoms with Crippen LogP contribution in [0.25, 0.3) is 82.8 Å². The summed E-state index contributed by atoms with van der Waals surface area (Å²) in [6.07, 6.45) is 0. The number of fused-ring (bicyclic) bond motifs is 6. The average molecular weight is 747 g/mol. The second-order valence-corrected chi connectivity index (χ2v) is 14.7. The zero-order valence-corrected chi connectivity index (χ0v) is 31.4. The van der Waals surface area contributed by atoms with Crippen molar-refractivity contribution in [2.45, 2.75) is 0 Å². The summed E-state index contributed by atoms with van der Waals surface area (Å²) in [4.78, 5) is 2.31. The van der Waals surface area contributed by atoms with Gasteiger partial charge in [-0.3, -0.25) is 0 Å². The Morgan fingerprint density at radius 1 is 0.379 bits per heavy atom. The van der Waals surface area contributed by atoms with E-state index in [9.17, 15) is 4.39 Å². The van der Waals surface area contributed by atoms with E-state index in [1.54, 1.807) is 12.1 Å². The molecule has 0 amide bonds. The fourth-order valence-electron chi connectivity index (χ4n) is 8.61. The molecular formula is C54H35FN2O. The lowest BCUT2D eigenvalue weighted by molar-refractivity contribution is 0.629. The molecule has 274 valence electrons. The molecule has 0 bridgehead atoms. The van der Waals surface area contributed by atoms with E-state index in [-0.39, 0.29) is 5.82 Å². The van der Waals surface area contributed by atoms with Crippen LogP contribution in [0.1, 0.15) is 0 Å². The lowest BCUT2D eigenvalue weighted by Gasteiger charge is -2.26. The van der Waals surface area contributed by atoms with E-state index in [1.165, 1.54) is 0 Å². The van der Waals surface area contributed by atoms with Crippen molar-refractivity contribution in [1.29, 1.82) is 0 Å². The maximum absolute atomic E-state index is 14.8. The molecule has 0 unspecified atom stereocenters. The highest BCUT2D eigenvalue weighted by Gasteiger charge is 2.19. The minimum Gasteiger partial charge on any atom is -0.456 e. The Balaban J connectivity index is 1.03. The second kappa shape index (κ2) is 13.8. The summed E-state index contributed by atoms with van der Waals surface area (Å²) in [5.74, 6) is -0.255. The van der Waals surface area contributed by atoms with Crippen LogP contribution in [0, 0.1) is 5.82 Å². The Morgan fingerprint density at radius 2 is 0.983 bits per heavy atom. The van der Waals surface area contributed by atoms with Crippen molar-refractivity contribution < 1.29 is 8.81 Å². The topological polar surface area (TPSA) is 21.3 Å². The van der Waals surface area contributed by atoms with Crippen LogP contribution in [-0.4, -0.2) is 4.57 Å². The first-order valence-corrected chi connectivity index (χ1v) is 19.5. The van der Waals surface area contributed by atoms with Crippen molar-refractivity contribution in [3.05, 3.63) is 218 Å². The number of aromatic nitrogens is 1. The van der Waals surface area contributed by atoms with Gasteiger partial charge in [-0.25, -0.2) is 4.39 Å². The molecule has 9 aromatic carbocycles. The quantitative estimate of drug-likeness (QED) is 0.162. The van der Waals surface area contributed by atoms with E-state index in [1.807, 2.05) is 48.5 Å². The molecule has 0 N–H and O–H groups in total. The van der Waals surface area contributed by atoms with E-state index in [0.717, 1.165) is 99.9 Å². The molecule has 0 saturated heterocycles. The molecule has 0 saturated carbocycles. The number of anilines is 3. The molecule has 0 aliphatic heterocycles. The Morgan fingerprint density at radius 3 is 1.79 bits per heavy atom. The summed E-state index contributed by atoms with van der Waals surface area (Å²) in [6, 6.07) is 73.1. The first-order chi connectivity index (χ1) is 28.7. The van der Waals surface area contributed by atoms with Gasteiger partial charge in [0.2, 0.25) is 0 Å². The minimum absolute atomic E-state index is 0.255. The summed E-state index contributed by atoms with van der Waals surface area (Å²) >= 11 is 0. The Labute approximate surface area is 335 Å². The van der Waals surface area contributed by atoms with Crippen molar-refractivity contribution in [3.63, 3.8) is 0 Å². The zero-order chi connectivity index (χ0) is 38.6. The molecule has 2 aromatic heterocycles. The molecule has 0 aliphatic rings. The van der Waals surface area contributed by atoms with Gasteiger partial charge in [-0.2, -0.15) is 0 Å². The number of furan rings is 1. The smallest absolute Gasteiger partial charge is 0.136 e. The highest BCUT2D eigenvalue weighted by Crippen LogP contribution is 2.42. The van der Waals surface area contributed by atoms with Crippen LogP contribution in [0.3, 0.4) is 0 Å². The summed E-state index contributed by atoms with van der Waals surface area (Å²) in [7, 11) is 0. The fraction of sp³-hybridized carbons (Fsp3) is 0. The van der Waals surface area contributed by atoms with Crippen LogP contribution in [-0.2, 0) is 0 Å². The van der Waals surface area contributed by atoms with E-state index in [4.69, 9.17) is 4.42 Å². The van der Waals surface area contributed by atoms with Gasteiger partial charge >= 0.3 is 0 Å². The summed E-state index contributed by atoms with van der Waals surface area (Å²) in [6.45, 7) is 0. The molecule has 11 rings (SSSR count). The largest absolute Gasteiger partial charge is 0.456 e. The lowest BCUT2D eigenvalue weighted by Crippen LogP contribution is -2.10. The lowest BCUT2D eigenvalue weighted by atomic mass is 9.98. The number of nitrogens with zero attached hydrogens (tertiary/aromatic N) is 2. The van der Waals surface area contributed by atoms with E-state index >= 15 is 0 Å². The fourth-order valence-corrected chi connectivity index (χ4v) is 8.61. The van der Waals surface area contributed by atoms with Crippen molar-refractivity contribution >= 4 is 60.8 Å². The van der Waals surface area contributed by atoms with Crippen LogP contribution in [0.4, 0.5) is 21.5 Å². The Bertz CT molecular complexity index is 3290. The van der Waals surface area contributed by atoms with Gasteiger partial charge in [0.1, 0.15) is 17.0 Å². The third-order valence-corrected chi connectivity index (χ3v) is 11.3. The highest BCUT2D eigenvalue weighted by molar-refractivity contribution is 6.12. The maximum Gasteiger partial charge on any atom is 0.136 e. The minimum atomic E-state index is -0.255. The van der Waals surface area contributed by atoms with Crippen molar-refractivity contribution in [1.82, 2.24) is 4.57 Å². The molecule has 0 spiro atoms. The number of hydrogen-bond acceptors (Lipinski definition) is 2. The molecule has 3 nitrogen and oxygen atoms in total. The third kappa shape index (κ3) is 5.65. The van der Waals surface area contributed by atoms with Gasteiger partial charge in [0.25, 0.3) is 0 Å². The van der Waals surface area contributed by atoms with Crippen LogP contribution in [0.5, 0.6) is 0 Å². The van der Waals surface area contributed by atoms with Crippen LogP contribution < -0.4 is 4.90 Å². The van der Waals surface area contributed by atoms with Crippen LogP contribution in [0.15, 0.2) is 217 Å². The van der Waals surface area contributed by atoms with Crippen molar-refractivity contribution in [2.24, 2.45) is 0 Å². The molecular weight excluding hydrogens is 712 g/mol. The van der Waals surface area contributed by atoms with Gasteiger partial charge in [-0.05, 0) is 107 Å². The van der Waals surface area contributed by atoms with Gasteiger partial charge in [0, 0.05) is 44.2 Å². The predicted molar refractivity (Wildman–Crippen MR) is 239 cm³/mol. The van der Waals surface area contributed by atoms with Crippen LogP contribution in [0.2, 0.25) is 0 Å². The monoisotopic (exact) mass is 746 g/mol. The van der Waals surface area contributed by atoms with E-state index < -0.39 is 0 Å². The number of hydrogen-bond donors (Lipinski definition) is 0. The van der Waals surface area contributed by atoms with Gasteiger partial charge < -0.3 is 13.9 Å². The first kappa shape index (κ1) is 33.6. The Kier molecular flexibility index (Phi) is 8.00. The summed E-state index contributed by atoms with van der Waals surface area (Å²) in [5.41, 5.74) is 14.5. The van der Waals surface area contributed by atoms with Crippen molar-refractivity contribution in [2.75, 3.05) is 4.90 Å². The molecule has 0 aliphatic carbocycles. The number of para-hydroxylation sites is 3. The average Bonchev–Trinajstić information content (AvgIpc) is 3.83. The van der Waals surface area contributed by atoms with Crippen LogP contribution >= 0.6 is 0 Å². The molecule has 0 radical (unpaired) electrons. The number of benzene rings is 9. The first-order valence-electron chi connectivity index (χ1n) is 19.5. The molecule has 4 heteroatoms. The third-order valence-electron chi connectivity index (χ3n) is 11.3. The Hall–Kier alpha value is -7.69. The predicted octanol–water partition coefficient (Wildman–Crippen LogP) is 15.3. The zero-order valence-electron chi connectivity index (χ0n) is 31.4. The van der Waals surface area contributed by atoms with Gasteiger partial charge in [0.15, 0.2) is 0 Å². The highest BCUT2D eigenvalue weighted by atomic mass is 19.1. The molecule has 0 fully saturated rings. The van der Waals surface area contributed by atoms with Crippen molar-refractivity contribution in [3.8, 4) is 39.1 Å². The summed E-state index contributed by atoms with van der Waals surface area (Å²) in [5, 5.41) is 4.36.